The molecule has 0 amide bonds. The average Bonchev–Trinajstić information content (AvgIpc) is 2.78. The molecule has 4 aromatic carbocycles. The van der Waals surface area contributed by atoms with Gasteiger partial charge in [-0.3, -0.25) is 0 Å². The molecule has 0 fully saturated rings. The molecule has 0 spiro atoms. The Morgan fingerprint density at radius 3 is 1.29 bits per heavy atom. The molecule has 4 aromatic rings. The molecule has 0 unspecified atom stereocenters. The minimum Gasteiger partial charge on any atom is -0.744 e. The maximum atomic E-state index is 11.2. The summed E-state index contributed by atoms with van der Waals surface area (Å²) in [6.45, 7) is 4.11. The minimum atomic E-state index is -4.41. The molecule has 0 bridgehead atoms. The van der Waals surface area contributed by atoms with E-state index in [1.165, 1.54) is 12.1 Å². The molecule has 9 heteroatoms. The van der Waals surface area contributed by atoms with Crippen molar-refractivity contribution in [3.8, 4) is 0 Å². The van der Waals surface area contributed by atoms with Gasteiger partial charge in [-0.1, -0.05) is 75.2 Å². The summed E-state index contributed by atoms with van der Waals surface area (Å²) in [5, 5.41) is 2.60. The van der Waals surface area contributed by atoms with Gasteiger partial charge in [-0.05, 0) is 69.8 Å². The molecule has 0 atom stereocenters. The molecule has 0 saturated heterocycles. The Bertz CT molecular complexity index is 1410. The molecule has 0 N–H and O–H groups in total. The summed E-state index contributed by atoms with van der Waals surface area (Å²) in [4.78, 5) is -0.263. The molecule has 0 radical (unpaired) electrons. The van der Waals surface area contributed by atoms with Crippen molar-refractivity contribution in [1.29, 1.82) is 0 Å². The topological polar surface area (TPSA) is 114 Å². The second-order valence-corrected chi connectivity index (χ2v) is 10.7. The van der Waals surface area contributed by atoms with Crippen LogP contribution in [0, 0.1) is 0 Å². The summed E-state index contributed by atoms with van der Waals surface area (Å²) in [7, 11) is -8.82. The fourth-order valence-electron chi connectivity index (χ4n) is 3.91. The van der Waals surface area contributed by atoms with Gasteiger partial charge in [0.15, 0.2) is 0 Å². The van der Waals surface area contributed by atoms with Gasteiger partial charge in [0.25, 0.3) is 0 Å². The van der Waals surface area contributed by atoms with Gasteiger partial charge < -0.3 is 9.11 Å². The first-order valence-electron chi connectivity index (χ1n) is 11.0. The quantitative estimate of drug-likeness (QED) is 0.252. The van der Waals surface area contributed by atoms with E-state index in [4.69, 9.17) is 0 Å². The zero-order chi connectivity index (χ0) is 24.9. The molecule has 180 valence electrons. The zero-order valence-electron chi connectivity index (χ0n) is 19.7. The summed E-state index contributed by atoms with van der Waals surface area (Å²) in [6.07, 6.45) is 3.72. The van der Waals surface area contributed by atoms with Crippen LogP contribution in [0.1, 0.15) is 37.8 Å². The molecule has 35 heavy (non-hydrogen) atoms. The monoisotopic (exact) mass is 538 g/mol. The van der Waals surface area contributed by atoms with Crippen molar-refractivity contribution >= 4 is 79.5 Å². The maximum Gasteiger partial charge on any atom is 2.00 e. The molecule has 0 heterocycles. The second-order valence-electron chi connectivity index (χ2n) is 8.03. The van der Waals surface area contributed by atoms with E-state index in [2.05, 4.69) is 13.8 Å². The van der Waals surface area contributed by atoms with E-state index in [-0.39, 0.29) is 47.5 Å². The summed E-state index contributed by atoms with van der Waals surface area (Å²) >= 11 is 0. The second kappa shape index (κ2) is 12.6. The van der Waals surface area contributed by atoms with Gasteiger partial charge >= 0.3 is 37.7 Å². The zero-order valence-corrected chi connectivity index (χ0v) is 23.6. The predicted octanol–water partition coefficient (Wildman–Crippen LogP) is 5.01. The van der Waals surface area contributed by atoms with Crippen molar-refractivity contribution in [3.05, 3.63) is 83.9 Å². The molecule has 6 nitrogen and oxygen atoms in total. The predicted molar refractivity (Wildman–Crippen MR) is 138 cm³/mol. The fraction of sp³-hybridized carbons (Fsp3) is 0.231. The van der Waals surface area contributed by atoms with Gasteiger partial charge in [0.1, 0.15) is 20.2 Å². The Kier molecular flexibility index (Phi) is 10.7. The van der Waals surface area contributed by atoms with Gasteiger partial charge in [-0.15, -0.1) is 0 Å². The van der Waals surface area contributed by atoms with Crippen molar-refractivity contribution in [2.24, 2.45) is 0 Å². The smallest absolute Gasteiger partial charge is 0.744 e. The number of rotatable bonds is 6. The summed E-state index contributed by atoms with van der Waals surface area (Å²) < 4.78 is 67.0. The third-order valence-corrected chi connectivity index (χ3v) is 7.22. The van der Waals surface area contributed by atoms with Crippen molar-refractivity contribution in [1.82, 2.24) is 0 Å². The van der Waals surface area contributed by atoms with E-state index in [0.717, 1.165) is 47.6 Å². The van der Waals surface area contributed by atoms with E-state index in [1.807, 2.05) is 24.3 Å². The van der Waals surface area contributed by atoms with Crippen LogP contribution in [0.4, 0.5) is 0 Å². The Morgan fingerprint density at radius 1 is 0.600 bits per heavy atom. The third kappa shape index (κ3) is 7.73. The van der Waals surface area contributed by atoms with Crippen LogP contribution in [-0.4, -0.2) is 63.7 Å². The van der Waals surface area contributed by atoms with Crippen molar-refractivity contribution < 1.29 is 25.9 Å². The third-order valence-electron chi connectivity index (χ3n) is 5.43. The molecule has 0 aromatic heterocycles. The Morgan fingerprint density at radius 2 is 0.971 bits per heavy atom. The number of hydrogen-bond acceptors (Lipinski definition) is 6. The molecular formula is C26H26CaO6S2. The molecule has 0 aliphatic rings. The number of aryl methyl sites for hydroxylation is 2. The minimum absolute atomic E-state index is 0. The number of benzene rings is 4. The summed E-state index contributed by atoms with van der Waals surface area (Å²) in [5.74, 6) is 0. The number of fused-ring (bicyclic) bond motifs is 2. The van der Waals surface area contributed by atoms with Crippen molar-refractivity contribution in [2.45, 2.75) is 49.3 Å². The van der Waals surface area contributed by atoms with Crippen LogP contribution >= 0.6 is 0 Å². The van der Waals surface area contributed by atoms with Crippen LogP contribution in [0.25, 0.3) is 21.5 Å². The van der Waals surface area contributed by atoms with Crippen LogP contribution in [0.5, 0.6) is 0 Å². The van der Waals surface area contributed by atoms with E-state index < -0.39 is 20.2 Å². The van der Waals surface area contributed by atoms with Gasteiger partial charge in [-0.2, -0.15) is 0 Å². The van der Waals surface area contributed by atoms with Crippen LogP contribution in [0.3, 0.4) is 0 Å². The number of hydrogen-bond donors (Lipinski definition) is 0. The van der Waals surface area contributed by atoms with Gasteiger partial charge in [0, 0.05) is 0 Å². The first-order chi connectivity index (χ1) is 16.0. The molecule has 0 aliphatic heterocycles. The van der Waals surface area contributed by atoms with Crippen molar-refractivity contribution in [2.75, 3.05) is 0 Å². The van der Waals surface area contributed by atoms with Crippen molar-refractivity contribution in [3.63, 3.8) is 0 Å². The Balaban J connectivity index is 0.000000240. The fourth-order valence-corrected chi connectivity index (χ4v) is 5.29. The van der Waals surface area contributed by atoms with Crippen LogP contribution in [0.15, 0.2) is 82.6 Å². The van der Waals surface area contributed by atoms with E-state index in [0.29, 0.717) is 10.8 Å². The summed E-state index contributed by atoms with van der Waals surface area (Å²) in [6, 6.07) is 20.7. The Labute approximate surface area is 236 Å². The SMILES string of the molecule is CCCc1ccc2cccc(S(=O)(=O)[O-])c2c1.CCCc1ccc2cccc(S(=O)(=O)[O-])c2c1.[Ca+2]. The van der Waals surface area contributed by atoms with Crippen LogP contribution < -0.4 is 0 Å². The molecule has 0 aliphatic carbocycles. The molecular weight excluding hydrogens is 512 g/mol. The molecule has 4 rings (SSSR count). The van der Waals surface area contributed by atoms with Gasteiger partial charge in [0.2, 0.25) is 0 Å². The molecule has 0 saturated carbocycles. The van der Waals surface area contributed by atoms with E-state index >= 15 is 0 Å². The standard InChI is InChI=1S/2C13H14O3S.Ca/c2*1-2-4-10-7-8-11-5-3-6-13(12(11)9-10)17(14,15)16;/h2*3,5-9H,2,4H2,1H3,(H,14,15,16);/q;;+2/p-2. The van der Waals surface area contributed by atoms with Crippen LogP contribution in [0.2, 0.25) is 0 Å². The van der Waals surface area contributed by atoms with Crippen LogP contribution in [-0.2, 0) is 33.1 Å². The van der Waals surface area contributed by atoms with E-state index in [9.17, 15) is 25.9 Å². The Hall–Kier alpha value is -1.52. The maximum absolute atomic E-state index is 11.2. The van der Waals surface area contributed by atoms with Gasteiger partial charge in [-0.25, -0.2) is 16.8 Å². The van der Waals surface area contributed by atoms with Gasteiger partial charge in [0.05, 0.1) is 9.79 Å². The first kappa shape index (κ1) is 29.7. The largest absolute Gasteiger partial charge is 2.00 e. The first-order valence-corrected chi connectivity index (χ1v) is 13.8. The normalized spacial score (nSPS) is 11.5. The van der Waals surface area contributed by atoms with E-state index in [1.54, 1.807) is 36.4 Å². The average molecular weight is 539 g/mol. The summed E-state index contributed by atoms with van der Waals surface area (Å²) in [5.41, 5.74) is 2.10.